The highest BCUT2D eigenvalue weighted by Gasteiger charge is 1.91. The lowest BCUT2D eigenvalue weighted by Gasteiger charge is -1.79. The molecule has 0 atom stereocenters. The summed E-state index contributed by atoms with van der Waals surface area (Å²) in [5.74, 6) is -1.36. The van der Waals surface area contributed by atoms with Crippen LogP contribution < -0.4 is 0 Å². The van der Waals surface area contributed by atoms with E-state index in [4.69, 9.17) is 5.11 Å². The number of ketones is 1. The summed E-state index contributed by atoms with van der Waals surface area (Å²) >= 11 is 2.87. The monoisotopic (exact) mass is 192 g/mol. The van der Waals surface area contributed by atoms with Gasteiger partial charge in [0.2, 0.25) is 0 Å². The second-order valence-corrected chi connectivity index (χ2v) is 1.83. The van der Waals surface area contributed by atoms with Crippen LogP contribution in [0.5, 0.6) is 0 Å². The van der Waals surface area contributed by atoms with Crippen LogP contribution in [0.2, 0.25) is 0 Å². The van der Waals surface area contributed by atoms with Crippen molar-refractivity contribution in [2.45, 2.75) is 0 Å². The number of carbonyl (C=O) groups excluding carboxylic acids is 1. The van der Waals surface area contributed by atoms with Crippen LogP contribution in [0.25, 0.3) is 0 Å². The third-order valence-electron chi connectivity index (χ3n) is 0.544. The number of alkyl halides is 1. The van der Waals surface area contributed by atoms with Crippen molar-refractivity contribution in [1.29, 1.82) is 0 Å². The lowest BCUT2D eigenvalue weighted by molar-refractivity contribution is -0.131. The summed E-state index contributed by atoms with van der Waals surface area (Å²) in [7, 11) is 0. The predicted molar refractivity (Wildman–Crippen MR) is 35.6 cm³/mol. The average Bonchev–Trinajstić information content (AvgIpc) is 1.83. The quantitative estimate of drug-likeness (QED) is 0.527. The topological polar surface area (TPSA) is 54.4 Å². The Bertz CT molecular complexity index is 150. The first-order valence-corrected chi connectivity index (χ1v) is 3.28. The smallest absolute Gasteiger partial charge is 0.328 e. The number of hydrogen-bond acceptors (Lipinski definition) is 2. The zero-order chi connectivity index (χ0) is 7.28. The normalized spacial score (nSPS) is 9.89. The highest BCUT2D eigenvalue weighted by Crippen LogP contribution is 1.83. The number of rotatable bonds is 3. The van der Waals surface area contributed by atoms with Crippen molar-refractivity contribution in [1.82, 2.24) is 0 Å². The number of halogens is 1. The fourth-order valence-electron chi connectivity index (χ4n) is 0.209. The van der Waals surface area contributed by atoms with Gasteiger partial charge in [-0.05, 0) is 6.08 Å². The molecule has 0 spiro atoms. The molecule has 0 aliphatic carbocycles. The molecule has 0 radical (unpaired) electrons. The van der Waals surface area contributed by atoms with E-state index in [9.17, 15) is 9.59 Å². The van der Waals surface area contributed by atoms with E-state index >= 15 is 0 Å². The van der Waals surface area contributed by atoms with E-state index in [2.05, 4.69) is 15.9 Å². The number of allylic oxidation sites excluding steroid dienone is 1. The van der Waals surface area contributed by atoms with E-state index in [0.29, 0.717) is 0 Å². The van der Waals surface area contributed by atoms with Gasteiger partial charge in [0.1, 0.15) is 0 Å². The Morgan fingerprint density at radius 2 is 2.00 bits per heavy atom. The molecule has 1 N–H and O–H groups in total. The van der Waals surface area contributed by atoms with Crippen molar-refractivity contribution >= 4 is 27.7 Å². The minimum absolute atomic E-state index is 0.163. The van der Waals surface area contributed by atoms with Crippen molar-refractivity contribution < 1.29 is 14.7 Å². The Morgan fingerprint density at radius 3 is 2.33 bits per heavy atom. The third kappa shape index (κ3) is 5.23. The highest BCUT2D eigenvalue weighted by atomic mass is 79.9. The lowest BCUT2D eigenvalue weighted by Crippen LogP contribution is -1.95. The zero-order valence-corrected chi connectivity index (χ0v) is 6.09. The van der Waals surface area contributed by atoms with Crippen LogP contribution in [0.1, 0.15) is 0 Å². The van der Waals surface area contributed by atoms with Crippen LogP contribution in [0.15, 0.2) is 12.2 Å². The van der Waals surface area contributed by atoms with Gasteiger partial charge in [-0.1, -0.05) is 15.9 Å². The molecule has 0 saturated heterocycles. The van der Waals surface area contributed by atoms with Gasteiger partial charge in [0.05, 0.1) is 5.33 Å². The second-order valence-electron chi connectivity index (χ2n) is 1.27. The first-order chi connectivity index (χ1) is 4.16. The van der Waals surface area contributed by atoms with Crippen LogP contribution >= 0.6 is 15.9 Å². The Kier molecular flexibility index (Phi) is 3.96. The maximum absolute atomic E-state index is 10.3. The van der Waals surface area contributed by atoms with Gasteiger partial charge in [0.25, 0.3) is 0 Å². The van der Waals surface area contributed by atoms with Crippen molar-refractivity contribution in [3.8, 4) is 0 Å². The maximum atomic E-state index is 10.3. The molecule has 0 aliphatic heterocycles. The number of aliphatic carboxylic acids is 1. The summed E-state index contributed by atoms with van der Waals surface area (Å²) < 4.78 is 0. The van der Waals surface area contributed by atoms with Crippen LogP contribution in [0.3, 0.4) is 0 Å². The molecule has 0 heterocycles. The number of hydrogen-bond donors (Lipinski definition) is 1. The van der Waals surface area contributed by atoms with Gasteiger partial charge in [-0.25, -0.2) is 4.79 Å². The first kappa shape index (κ1) is 8.36. The molecule has 9 heavy (non-hydrogen) atoms. The number of carbonyl (C=O) groups is 2. The van der Waals surface area contributed by atoms with Gasteiger partial charge in [0.15, 0.2) is 5.78 Å². The molecule has 0 bridgehead atoms. The van der Waals surface area contributed by atoms with Gasteiger partial charge in [0, 0.05) is 6.08 Å². The van der Waals surface area contributed by atoms with E-state index in [-0.39, 0.29) is 11.1 Å². The van der Waals surface area contributed by atoms with Gasteiger partial charge < -0.3 is 5.11 Å². The molecular weight excluding hydrogens is 188 g/mol. The number of carboxylic acids is 1. The Labute approximate surface area is 60.5 Å². The molecule has 50 valence electrons. The molecule has 4 heteroatoms. The minimum atomic E-state index is -1.11. The second kappa shape index (κ2) is 4.26. The van der Waals surface area contributed by atoms with E-state index in [0.717, 1.165) is 12.2 Å². The van der Waals surface area contributed by atoms with E-state index in [1.54, 1.807) is 0 Å². The molecule has 0 aromatic carbocycles. The van der Waals surface area contributed by atoms with Crippen molar-refractivity contribution in [2.24, 2.45) is 0 Å². The minimum Gasteiger partial charge on any atom is -0.478 e. The standard InChI is InChI=1S/C5H5BrO3/c6-3-4(7)1-2-5(8)9/h1-2H,3H2,(H,8,9). The zero-order valence-electron chi connectivity index (χ0n) is 4.50. The molecule has 0 saturated carbocycles. The summed E-state index contributed by atoms with van der Waals surface area (Å²) in [6, 6.07) is 0. The molecule has 0 aromatic heterocycles. The van der Waals surface area contributed by atoms with E-state index in [1.807, 2.05) is 0 Å². The Morgan fingerprint density at radius 1 is 1.44 bits per heavy atom. The predicted octanol–water partition coefficient (Wildman–Crippen LogP) is 0.591. The van der Waals surface area contributed by atoms with Crippen molar-refractivity contribution in [2.75, 3.05) is 5.33 Å². The van der Waals surface area contributed by atoms with Crippen molar-refractivity contribution in [3.63, 3.8) is 0 Å². The van der Waals surface area contributed by atoms with Gasteiger partial charge in [-0.2, -0.15) is 0 Å². The Balaban J connectivity index is 3.71. The maximum Gasteiger partial charge on any atom is 0.328 e. The molecule has 0 unspecified atom stereocenters. The molecule has 0 amide bonds. The van der Waals surface area contributed by atoms with E-state index in [1.165, 1.54) is 0 Å². The third-order valence-corrected chi connectivity index (χ3v) is 1.10. The molecule has 0 fully saturated rings. The molecular formula is C5H5BrO3. The summed E-state index contributed by atoms with van der Waals surface area (Å²) in [6.45, 7) is 0. The fourth-order valence-corrected chi connectivity index (χ4v) is 0.396. The van der Waals surface area contributed by atoms with Crippen molar-refractivity contribution in [3.05, 3.63) is 12.2 Å². The Hall–Kier alpha value is -0.640. The molecule has 0 aliphatic rings. The van der Waals surface area contributed by atoms with Crippen LogP contribution in [-0.2, 0) is 9.59 Å². The largest absolute Gasteiger partial charge is 0.478 e. The van der Waals surface area contributed by atoms with Gasteiger partial charge in [-0.15, -0.1) is 0 Å². The first-order valence-electron chi connectivity index (χ1n) is 2.16. The lowest BCUT2D eigenvalue weighted by atomic mass is 10.4. The number of carboxylic acid groups (broad SMARTS) is 1. The fraction of sp³-hybridized carbons (Fsp3) is 0.200. The molecule has 0 aromatic rings. The average molecular weight is 193 g/mol. The summed E-state index contributed by atoms with van der Waals surface area (Å²) in [5, 5.41) is 8.17. The van der Waals surface area contributed by atoms with E-state index < -0.39 is 5.97 Å². The molecule has 0 rings (SSSR count). The van der Waals surface area contributed by atoms with Gasteiger partial charge >= 0.3 is 5.97 Å². The summed E-state index contributed by atoms with van der Waals surface area (Å²) in [6.07, 6.45) is 1.82. The molecule has 3 nitrogen and oxygen atoms in total. The highest BCUT2D eigenvalue weighted by molar-refractivity contribution is 9.09. The van der Waals surface area contributed by atoms with Crippen LogP contribution in [0, 0.1) is 0 Å². The van der Waals surface area contributed by atoms with Crippen LogP contribution in [-0.4, -0.2) is 22.2 Å². The summed E-state index contributed by atoms with van der Waals surface area (Å²) in [4.78, 5) is 20.1. The SMILES string of the molecule is O=C(O)C=CC(=O)CBr. The van der Waals surface area contributed by atoms with Crippen LogP contribution in [0.4, 0.5) is 0 Å². The van der Waals surface area contributed by atoms with Gasteiger partial charge in [-0.3, -0.25) is 4.79 Å². The summed E-state index contributed by atoms with van der Waals surface area (Å²) in [5.41, 5.74) is 0.